The van der Waals surface area contributed by atoms with Crippen molar-refractivity contribution in [3.05, 3.63) is 108 Å². The molecule has 0 spiro atoms. The maximum absolute atomic E-state index is 11.6. The first kappa shape index (κ1) is 26.1. The molecule has 9 nitrogen and oxygen atoms in total. The number of hydrogen-bond donors (Lipinski definition) is 6. The maximum atomic E-state index is 11.6. The lowest BCUT2D eigenvalue weighted by Crippen LogP contribution is -2.07. The van der Waals surface area contributed by atoms with Gasteiger partial charge in [-0.2, -0.15) is 0 Å². The molecule has 4 aromatic carbocycles. The van der Waals surface area contributed by atoms with Crippen LogP contribution in [0.25, 0.3) is 0 Å². The number of carboxylic acids is 1. The number of benzene rings is 4. The summed E-state index contributed by atoms with van der Waals surface area (Å²) in [5, 5.41) is 52.6. The number of ether oxygens (including phenoxy) is 1. The molecule has 0 radical (unpaired) electrons. The third-order valence-corrected chi connectivity index (χ3v) is 4.11. The summed E-state index contributed by atoms with van der Waals surface area (Å²) in [5.74, 6) is -0.548. The van der Waals surface area contributed by atoms with Gasteiger partial charge in [0, 0.05) is 0 Å². The van der Waals surface area contributed by atoms with Crippen molar-refractivity contribution in [1.82, 2.24) is 0 Å². The van der Waals surface area contributed by atoms with Gasteiger partial charge in [-0.15, -0.1) is 0 Å². The Morgan fingerprint density at radius 3 is 1.09 bits per heavy atom. The Labute approximate surface area is 200 Å². The zero-order valence-electron chi connectivity index (χ0n) is 18.1. The predicted molar refractivity (Wildman–Crippen MR) is 126 cm³/mol. The first-order valence-electron chi connectivity index (χ1n) is 9.94. The lowest BCUT2D eigenvalue weighted by Gasteiger charge is -2.04. The number of carbonyl (C=O) groups is 2. The highest BCUT2D eigenvalue weighted by molar-refractivity contribution is 5.91. The van der Waals surface area contributed by atoms with Gasteiger partial charge in [-0.3, -0.25) is 0 Å². The summed E-state index contributed by atoms with van der Waals surface area (Å²) in [4.78, 5) is 21.9. The van der Waals surface area contributed by atoms with E-state index in [0.29, 0.717) is 11.3 Å². The third kappa shape index (κ3) is 9.46. The molecule has 0 fully saturated rings. The van der Waals surface area contributed by atoms with Gasteiger partial charge in [-0.25, -0.2) is 9.59 Å². The molecule has 0 bridgehead atoms. The molecule has 6 N–H and O–H groups in total. The SMILES string of the molecule is O=C(O)c1ccc(O)cc1.O=C(Oc1ccc(O)cc1)c1ccc(O)cc1.Oc1ccc(O)cc1. The third-order valence-electron chi connectivity index (χ3n) is 4.11. The van der Waals surface area contributed by atoms with E-state index < -0.39 is 11.9 Å². The molecule has 4 aromatic rings. The zero-order valence-corrected chi connectivity index (χ0v) is 18.1. The van der Waals surface area contributed by atoms with Gasteiger partial charge in [0.1, 0.15) is 34.5 Å². The molecule has 180 valence electrons. The van der Waals surface area contributed by atoms with E-state index in [1.54, 1.807) is 0 Å². The summed E-state index contributed by atoms with van der Waals surface area (Å²) in [7, 11) is 0. The molecule has 0 saturated carbocycles. The van der Waals surface area contributed by atoms with Crippen molar-refractivity contribution in [2.45, 2.75) is 0 Å². The molecule has 35 heavy (non-hydrogen) atoms. The Balaban J connectivity index is 0.000000204. The van der Waals surface area contributed by atoms with Crippen molar-refractivity contribution in [2.75, 3.05) is 0 Å². The molecule has 0 aliphatic carbocycles. The molecule has 9 heteroatoms. The molecule has 0 atom stereocenters. The minimum atomic E-state index is -0.986. The number of esters is 1. The standard InChI is InChI=1S/C13H10O4.C7H6O3.C6H6O2/c14-10-3-1-9(2-4-10)13(16)17-12-7-5-11(15)6-8-12;8-6-3-1-5(2-4-6)7(9)10;7-5-1-2-6(8)4-3-5/h1-8,14-15H;1-4,8H,(H,9,10);1-4,7-8H. The predicted octanol–water partition coefficient (Wildman–Crippen LogP) is 4.51. The van der Waals surface area contributed by atoms with Crippen LogP contribution in [0, 0.1) is 0 Å². The van der Waals surface area contributed by atoms with E-state index in [2.05, 4.69) is 0 Å². The molecular weight excluding hydrogens is 456 g/mol. The van der Waals surface area contributed by atoms with Crippen molar-refractivity contribution < 1.29 is 45.0 Å². The van der Waals surface area contributed by atoms with Gasteiger partial charge in [0.25, 0.3) is 0 Å². The molecule has 0 aliphatic heterocycles. The summed E-state index contributed by atoms with van der Waals surface area (Å²) in [6.07, 6.45) is 0. The van der Waals surface area contributed by atoms with Crippen LogP contribution < -0.4 is 4.74 Å². The van der Waals surface area contributed by atoms with E-state index in [4.69, 9.17) is 35.4 Å². The Bertz CT molecular complexity index is 1200. The summed E-state index contributed by atoms with van der Waals surface area (Å²) in [6, 6.07) is 22.7. The largest absolute Gasteiger partial charge is 0.508 e. The molecule has 0 amide bonds. The summed E-state index contributed by atoms with van der Waals surface area (Å²) in [5.41, 5.74) is 0.522. The van der Waals surface area contributed by atoms with Crippen molar-refractivity contribution in [3.63, 3.8) is 0 Å². The quantitative estimate of drug-likeness (QED) is 0.141. The zero-order chi connectivity index (χ0) is 25.8. The van der Waals surface area contributed by atoms with Crippen molar-refractivity contribution in [2.24, 2.45) is 0 Å². The van der Waals surface area contributed by atoms with Crippen LogP contribution in [-0.2, 0) is 0 Å². The second-order valence-electron chi connectivity index (χ2n) is 6.80. The lowest BCUT2D eigenvalue weighted by molar-refractivity contribution is 0.0694. The van der Waals surface area contributed by atoms with Gasteiger partial charge in [-0.05, 0) is 97.1 Å². The highest BCUT2D eigenvalue weighted by atomic mass is 16.5. The van der Waals surface area contributed by atoms with Gasteiger partial charge >= 0.3 is 11.9 Å². The first-order valence-corrected chi connectivity index (χ1v) is 9.94. The van der Waals surface area contributed by atoms with Gasteiger partial charge < -0.3 is 35.4 Å². The molecule has 0 unspecified atom stereocenters. The number of phenolic OH excluding ortho intramolecular Hbond substituents is 5. The Morgan fingerprint density at radius 2 is 0.743 bits per heavy atom. The topological polar surface area (TPSA) is 165 Å². The van der Waals surface area contributed by atoms with Crippen LogP contribution in [0.4, 0.5) is 0 Å². The minimum Gasteiger partial charge on any atom is -0.508 e. The van der Waals surface area contributed by atoms with Crippen LogP contribution in [0.15, 0.2) is 97.1 Å². The van der Waals surface area contributed by atoms with E-state index in [0.717, 1.165) is 0 Å². The average Bonchev–Trinajstić information content (AvgIpc) is 2.84. The van der Waals surface area contributed by atoms with Gasteiger partial charge in [0.2, 0.25) is 0 Å². The summed E-state index contributed by atoms with van der Waals surface area (Å²) in [6.45, 7) is 0. The van der Waals surface area contributed by atoms with Crippen molar-refractivity contribution >= 4 is 11.9 Å². The summed E-state index contributed by atoms with van der Waals surface area (Å²) >= 11 is 0. The van der Waals surface area contributed by atoms with Crippen LogP contribution in [-0.4, -0.2) is 42.6 Å². The van der Waals surface area contributed by atoms with Crippen molar-refractivity contribution in [1.29, 1.82) is 0 Å². The monoisotopic (exact) mass is 478 g/mol. The van der Waals surface area contributed by atoms with Gasteiger partial charge in [-0.1, -0.05) is 0 Å². The normalized spacial score (nSPS) is 9.49. The Kier molecular flexibility index (Phi) is 9.50. The summed E-state index contributed by atoms with van der Waals surface area (Å²) < 4.78 is 5.06. The number of rotatable bonds is 3. The number of aromatic hydroxyl groups is 5. The molecule has 0 aliphatic rings. The van der Waals surface area contributed by atoms with E-state index in [1.165, 1.54) is 97.1 Å². The van der Waals surface area contributed by atoms with Crippen LogP contribution >= 0.6 is 0 Å². The number of phenols is 5. The fraction of sp³-hybridized carbons (Fsp3) is 0. The molecule has 0 heterocycles. The molecule has 0 aromatic heterocycles. The lowest BCUT2D eigenvalue weighted by atomic mass is 10.2. The molecule has 4 rings (SSSR count). The molecular formula is C26H22O9. The number of hydrogen-bond acceptors (Lipinski definition) is 8. The van der Waals surface area contributed by atoms with Crippen LogP contribution in [0.3, 0.4) is 0 Å². The van der Waals surface area contributed by atoms with E-state index in [1.807, 2.05) is 0 Å². The molecule has 0 saturated heterocycles. The second-order valence-corrected chi connectivity index (χ2v) is 6.80. The number of carbonyl (C=O) groups excluding carboxylic acids is 1. The average molecular weight is 478 g/mol. The van der Waals surface area contributed by atoms with Crippen LogP contribution in [0.1, 0.15) is 20.7 Å². The fourth-order valence-electron chi connectivity index (χ4n) is 2.33. The van der Waals surface area contributed by atoms with E-state index >= 15 is 0 Å². The number of carboxylic acid groups (broad SMARTS) is 1. The fourth-order valence-corrected chi connectivity index (χ4v) is 2.33. The second kappa shape index (κ2) is 12.8. The Morgan fingerprint density at radius 1 is 0.457 bits per heavy atom. The van der Waals surface area contributed by atoms with E-state index in [9.17, 15) is 9.59 Å². The van der Waals surface area contributed by atoms with Crippen LogP contribution in [0.2, 0.25) is 0 Å². The highest BCUT2D eigenvalue weighted by Crippen LogP contribution is 2.18. The highest BCUT2D eigenvalue weighted by Gasteiger charge is 2.08. The first-order chi connectivity index (χ1) is 16.6. The van der Waals surface area contributed by atoms with Gasteiger partial charge in [0.05, 0.1) is 11.1 Å². The van der Waals surface area contributed by atoms with E-state index in [-0.39, 0.29) is 34.3 Å². The maximum Gasteiger partial charge on any atom is 0.343 e. The van der Waals surface area contributed by atoms with Crippen molar-refractivity contribution in [3.8, 4) is 34.5 Å². The van der Waals surface area contributed by atoms with Gasteiger partial charge in [0.15, 0.2) is 0 Å². The van der Waals surface area contributed by atoms with Crippen LogP contribution in [0.5, 0.6) is 34.5 Å². The minimum absolute atomic E-state index is 0.0741. The Hall–Kier alpha value is -5.18. The number of aromatic carboxylic acids is 1. The smallest absolute Gasteiger partial charge is 0.343 e.